The van der Waals surface area contributed by atoms with Crippen molar-refractivity contribution >= 4 is 17.3 Å². The van der Waals surface area contributed by atoms with E-state index in [1.807, 2.05) is 22.6 Å². The summed E-state index contributed by atoms with van der Waals surface area (Å²) in [5.74, 6) is 0.112. The molecule has 3 aliphatic heterocycles. The third-order valence-corrected chi connectivity index (χ3v) is 9.29. The van der Waals surface area contributed by atoms with Gasteiger partial charge in [-0.2, -0.15) is 0 Å². The molecular weight excluding hydrogens is 526 g/mol. The average molecular weight is 572 g/mol. The Labute approximate surface area is 250 Å². The smallest absolute Gasteiger partial charge is 0.228 e. The number of hydrogen-bond donors (Lipinski definition) is 0. The number of para-hydroxylation sites is 2. The summed E-state index contributed by atoms with van der Waals surface area (Å²) in [6.07, 6.45) is 5.04. The molecule has 0 saturated carbocycles. The number of aromatic nitrogens is 3. The molecule has 4 atom stereocenters. The monoisotopic (exact) mass is 571 g/mol. The zero-order valence-corrected chi connectivity index (χ0v) is 25.1. The third kappa shape index (κ3) is 6.79. The predicted octanol–water partition coefficient (Wildman–Crippen LogP) is 4.08. The summed E-state index contributed by atoms with van der Waals surface area (Å²) in [7, 11) is 0. The molecule has 0 bridgehead atoms. The first-order valence-electron chi connectivity index (χ1n) is 15.7. The van der Waals surface area contributed by atoms with Crippen LogP contribution in [0.25, 0.3) is 0 Å². The summed E-state index contributed by atoms with van der Waals surface area (Å²) in [6.45, 7) is 12.4. The predicted molar refractivity (Wildman–Crippen MR) is 166 cm³/mol. The number of ether oxygens (including phenoxy) is 1. The van der Waals surface area contributed by atoms with Gasteiger partial charge in [0.2, 0.25) is 5.91 Å². The molecule has 2 unspecified atom stereocenters. The minimum Gasteiger partial charge on any atom is -0.374 e. The second-order valence-electron chi connectivity index (χ2n) is 12.2. The number of amides is 1. The van der Waals surface area contributed by atoms with Gasteiger partial charge in [-0.05, 0) is 50.5 Å². The van der Waals surface area contributed by atoms with Crippen molar-refractivity contribution in [3.05, 3.63) is 72.6 Å². The molecule has 0 N–H and O–H groups in total. The summed E-state index contributed by atoms with van der Waals surface area (Å²) in [5, 5.41) is 8.96. The van der Waals surface area contributed by atoms with Crippen LogP contribution in [-0.2, 0) is 16.1 Å². The highest BCUT2D eigenvalue weighted by Crippen LogP contribution is 2.31. The second-order valence-corrected chi connectivity index (χ2v) is 12.2. The van der Waals surface area contributed by atoms with Gasteiger partial charge in [0.05, 0.1) is 36.1 Å². The molecule has 3 aromatic rings. The Morgan fingerprint density at radius 3 is 2.05 bits per heavy atom. The number of carbonyl (C=O) groups excluding carboxylic acids is 1. The van der Waals surface area contributed by atoms with E-state index in [0.29, 0.717) is 0 Å². The van der Waals surface area contributed by atoms with Crippen molar-refractivity contribution in [2.45, 2.75) is 57.9 Å². The summed E-state index contributed by atoms with van der Waals surface area (Å²) in [6, 6.07) is 21.3. The Kier molecular flexibility index (Phi) is 9.05. The molecular formula is C33H45N7O2. The molecule has 224 valence electrons. The van der Waals surface area contributed by atoms with E-state index in [2.05, 4.69) is 92.7 Å². The van der Waals surface area contributed by atoms with E-state index in [-0.39, 0.29) is 30.1 Å². The minimum atomic E-state index is -0.117. The molecule has 1 aromatic heterocycles. The van der Waals surface area contributed by atoms with Gasteiger partial charge in [0, 0.05) is 70.3 Å². The number of nitrogens with zero attached hydrogens (tertiary/aromatic N) is 7. The largest absolute Gasteiger partial charge is 0.374 e. The van der Waals surface area contributed by atoms with E-state index in [9.17, 15) is 4.79 Å². The maximum Gasteiger partial charge on any atom is 0.228 e. The molecule has 3 fully saturated rings. The van der Waals surface area contributed by atoms with Gasteiger partial charge < -0.3 is 19.4 Å². The van der Waals surface area contributed by atoms with Gasteiger partial charge in [0.1, 0.15) is 0 Å². The second kappa shape index (κ2) is 13.3. The Morgan fingerprint density at radius 2 is 1.43 bits per heavy atom. The summed E-state index contributed by atoms with van der Waals surface area (Å²) in [5.41, 5.74) is 3.55. The van der Waals surface area contributed by atoms with Crippen LogP contribution < -0.4 is 9.80 Å². The van der Waals surface area contributed by atoms with E-state index in [1.54, 1.807) is 0 Å². The maximum atomic E-state index is 13.3. The summed E-state index contributed by atoms with van der Waals surface area (Å²) < 4.78 is 8.45. The highest BCUT2D eigenvalue weighted by molar-refractivity contribution is 5.79. The molecule has 9 heteroatoms. The molecule has 3 saturated heterocycles. The molecule has 0 aliphatic carbocycles. The van der Waals surface area contributed by atoms with Crippen LogP contribution in [0.2, 0.25) is 0 Å². The number of carbonyl (C=O) groups is 1. The lowest BCUT2D eigenvalue weighted by Crippen LogP contribution is -2.51. The molecule has 3 aliphatic rings. The van der Waals surface area contributed by atoms with Crippen molar-refractivity contribution in [3.8, 4) is 0 Å². The lowest BCUT2D eigenvalue weighted by atomic mass is 9.99. The Balaban J connectivity index is 0.929. The SMILES string of the molecule is C[C@H](C(=O)N1CCN(c2ccccc2)CC1)C1CCC(C[C@@H](C)n2cc(CN3CCN(c4ccccc4)CC3)nn2)O1. The zero-order valence-electron chi connectivity index (χ0n) is 25.1. The van der Waals surface area contributed by atoms with E-state index >= 15 is 0 Å². The maximum absolute atomic E-state index is 13.3. The fourth-order valence-electron chi connectivity index (χ4n) is 6.67. The number of benzene rings is 2. The first kappa shape index (κ1) is 28.7. The van der Waals surface area contributed by atoms with Crippen LogP contribution in [0, 0.1) is 5.92 Å². The van der Waals surface area contributed by atoms with Crippen molar-refractivity contribution in [2.75, 3.05) is 62.2 Å². The molecule has 0 radical (unpaired) electrons. The van der Waals surface area contributed by atoms with Crippen molar-refractivity contribution in [1.29, 1.82) is 0 Å². The van der Waals surface area contributed by atoms with Crippen molar-refractivity contribution < 1.29 is 9.53 Å². The normalized spacial score (nSPS) is 23.2. The zero-order chi connectivity index (χ0) is 28.9. The van der Waals surface area contributed by atoms with E-state index in [1.165, 1.54) is 11.4 Å². The van der Waals surface area contributed by atoms with Crippen molar-refractivity contribution in [1.82, 2.24) is 24.8 Å². The van der Waals surface area contributed by atoms with Crippen molar-refractivity contribution in [2.24, 2.45) is 5.92 Å². The number of hydrogen-bond acceptors (Lipinski definition) is 7. The number of piperazine rings is 2. The van der Waals surface area contributed by atoms with Gasteiger partial charge in [-0.15, -0.1) is 5.10 Å². The Morgan fingerprint density at radius 1 is 0.833 bits per heavy atom. The van der Waals surface area contributed by atoms with Gasteiger partial charge in [0.15, 0.2) is 0 Å². The van der Waals surface area contributed by atoms with Gasteiger partial charge in [-0.3, -0.25) is 9.69 Å². The van der Waals surface area contributed by atoms with Crippen molar-refractivity contribution in [3.63, 3.8) is 0 Å². The number of rotatable bonds is 9. The molecule has 2 aromatic carbocycles. The van der Waals surface area contributed by atoms with Gasteiger partial charge in [-0.25, -0.2) is 4.68 Å². The first-order chi connectivity index (χ1) is 20.5. The van der Waals surface area contributed by atoms with Crippen LogP contribution in [0.1, 0.15) is 44.8 Å². The molecule has 9 nitrogen and oxygen atoms in total. The highest BCUT2D eigenvalue weighted by atomic mass is 16.5. The standard InChI is InChI=1S/C33H45N7O2/c1-26(40-25-28(34-35-40)24-36-15-17-37(18-16-36)29-9-5-3-6-10-29)23-31-13-14-32(42-31)27(2)33(41)39-21-19-38(20-22-39)30-11-7-4-8-12-30/h3-12,25-27,31-32H,13-24H2,1-2H3/t26-,27+,31?,32?/m1/s1. The topological polar surface area (TPSA) is 70.0 Å². The fraction of sp³-hybridized carbons (Fsp3) is 0.545. The van der Waals surface area contributed by atoms with E-state index < -0.39 is 0 Å². The van der Waals surface area contributed by atoms with Gasteiger partial charge >= 0.3 is 0 Å². The van der Waals surface area contributed by atoms with Gasteiger partial charge in [-0.1, -0.05) is 48.5 Å². The molecule has 6 rings (SSSR count). The van der Waals surface area contributed by atoms with Crippen LogP contribution in [0.15, 0.2) is 66.9 Å². The van der Waals surface area contributed by atoms with Crippen LogP contribution in [-0.4, -0.2) is 95.3 Å². The quantitative estimate of drug-likeness (QED) is 0.383. The van der Waals surface area contributed by atoms with E-state index in [4.69, 9.17) is 4.74 Å². The van der Waals surface area contributed by atoms with Gasteiger partial charge in [0.25, 0.3) is 0 Å². The lowest BCUT2D eigenvalue weighted by Gasteiger charge is -2.37. The minimum absolute atomic E-state index is 0.0114. The highest BCUT2D eigenvalue weighted by Gasteiger charge is 2.36. The van der Waals surface area contributed by atoms with Crippen LogP contribution in [0.3, 0.4) is 0 Å². The summed E-state index contributed by atoms with van der Waals surface area (Å²) >= 11 is 0. The lowest BCUT2D eigenvalue weighted by molar-refractivity contribution is -0.140. The summed E-state index contributed by atoms with van der Waals surface area (Å²) in [4.78, 5) is 22.6. The molecule has 0 spiro atoms. The van der Waals surface area contributed by atoms with Crippen LogP contribution in [0.5, 0.6) is 0 Å². The molecule has 4 heterocycles. The van der Waals surface area contributed by atoms with Crippen LogP contribution >= 0.6 is 0 Å². The Hall–Kier alpha value is -3.43. The van der Waals surface area contributed by atoms with E-state index in [0.717, 1.165) is 83.9 Å². The first-order valence-corrected chi connectivity index (χ1v) is 15.7. The molecule has 1 amide bonds. The van der Waals surface area contributed by atoms with Crippen LogP contribution in [0.4, 0.5) is 11.4 Å². The molecule has 42 heavy (non-hydrogen) atoms. The number of anilines is 2. The fourth-order valence-corrected chi connectivity index (χ4v) is 6.67. The Bertz CT molecular complexity index is 1270. The average Bonchev–Trinajstić information content (AvgIpc) is 3.72. The third-order valence-electron chi connectivity index (χ3n) is 9.29.